The van der Waals surface area contributed by atoms with Crippen LogP contribution in [0.15, 0.2) is 66.7 Å². The van der Waals surface area contributed by atoms with Crippen LogP contribution in [0.1, 0.15) is 57.2 Å². The van der Waals surface area contributed by atoms with Crippen molar-refractivity contribution in [3.8, 4) is 11.1 Å². The lowest BCUT2D eigenvalue weighted by atomic mass is 9.88. The molecule has 2 heterocycles. The molecule has 5 rings (SSSR count). The van der Waals surface area contributed by atoms with Gasteiger partial charge >= 0.3 is 0 Å². The lowest BCUT2D eigenvalue weighted by Gasteiger charge is -2.40. The predicted octanol–water partition coefficient (Wildman–Crippen LogP) is 6.49. The number of benzene rings is 3. The van der Waals surface area contributed by atoms with Crippen LogP contribution in [0.4, 0.5) is 17.1 Å². The van der Waals surface area contributed by atoms with Crippen LogP contribution >= 0.6 is 0 Å². The predicted molar refractivity (Wildman–Crippen MR) is 160 cm³/mol. The van der Waals surface area contributed by atoms with Gasteiger partial charge in [-0.3, -0.25) is 9.59 Å². The summed E-state index contributed by atoms with van der Waals surface area (Å²) in [6, 6.07) is 23.3. The molecular weight excluding hydrogens is 484 g/mol. The largest absolute Gasteiger partial charge is 0.378 e. The van der Waals surface area contributed by atoms with Crippen LogP contribution < -0.4 is 15.5 Å². The molecule has 0 saturated carbocycles. The SMILES string of the molecule is CC(=O)Nc1cccc(-c2ccc3c(c2)[C@H](Nc2ccc(CC4CCN(C)CC4)cc2)C[C@H](C)N3C(C)=O)c1. The summed E-state index contributed by atoms with van der Waals surface area (Å²) < 4.78 is 0. The number of carbonyl (C=O) groups is 2. The molecule has 2 N–H and O–H groups in total. The van der Waals surface area contributed by atoms with Gasteiger partial charge in [-0.2, -0.15) is 0 Å². The van der Waals surface area contributed by atoms with E-state index in [0.29, 0.717) is 0 Å². The van der Waals surface area contributed by atoms with Gasteiger partial charge in [0.05, 0.1) is 6.04 Å². The second-order valence-electron chi connectivity index (χ2n) is 11.4. The first kappa shape index (κ1) is 26.9. The van der Waals surface area contributed by atoms with E-state index in [1.54, 1.807) is 6.92 Å². The number of likely N-dealkylation sites (tertiary alicyclic amines) is 1. The van der Waals surface area contributed by atoms with Gasteiger partial charge in [-0.15, -0.1) is 0 Å². The van der Waals surface area contributed by atoms with Crippen LogP contribution in [0, 0.1) is 5.92 Å². The van der Waals surface area contributed by atoms with Gasteiger partial charge < -0.3 is 20.4 Å². The highest BCUT2D eigenvalue weighted by Gasteiger charge is 2.32. The van der Waals surface area contributed by atoms with Crippen LogP contribution in [0.25, 0.3) is 11.1 Å². The van der Waals surface area contributed by atoms with Gasteiger partial charge in [-0.1, -0.05) is 30.3 Å². The zero-order valence-corrected chi connectivity index (χ0v) is 23.5. The molecule has 0 aliphatic carbocycles. The number of hydrogen-bond acceptors (Lipinski definition) is 4. The van der Waals surface area contributed by atoms with Gasteiger partial charge in [0.25, 0.3) is 0 Å². The lowest BCUT2D eigenvalue weighted by Crippen LogP contribution is -2.43. The summed E-state index contributed by atoms with van der Waals surface area (Å²) >= 11 is 0. The van der Waals surface area contributed by atoms with E-state index < -0.39 is 0 Å². The maximum atomic E-state index is 12.6. The van der Waals surface area contributed by atoms with Crippen LogP contribution in [0.5, 0.6) is 0 Å². The highest BCUT2D eigenvalue weighted by molar-refractivity contribution is 5.94. The van der Waals surface area contributed by atoms with Gasteiger partial charge in [0.15, 0.2) is 0 Å². The number of anilines is 3. The summed E-state index contributed by atoms with van der Waals surface area (Å²) in [5.41, 5.74) is 7.41. The fourth-order valence-corrected chi connectivity index (χ4v) is 6.18. The Morgan fingerprint density at radius 1 is 0.897 bits per heavy atom. The second-order valence-corrected chi connectivity index (χ2v) is 11.4. The first-order valence-electron chi connectivity index (χ1n) is 14.1. The van der Waals surface area contributed by atoms with E-state index in [1.807, 2.05) is 29.2 Å². The summed E-state index contributed by atoms with van der Waals surface area (Å²) in [6.07, 6.45) is 4.51. The van der Waals surface area contributed by atoms with Crippen molar-refractivity contribution in [2.75, 3.05) is 35.7 Å². The lowest BCUT2D eigenvalue weighted by molar-refractivity contribution is -0.117. The Kier molecular flexibility index (Phi) is 8.03. The molecule has 0 spiro atoms. The highest BCUT2D eigenvalue weighted by Crippen LogP contribution is 2.41. The number of piperidine rings is 1. The first-order chi connectivity index (χ1) is 18.8. The minimum absolute atomic E-state index is 0.0564. The topological polar surface area (TPSA) is 64.7 Å². The average molecular weight is 525 g/mol. The Morgan fingerprint density at radius 2 is 1.62 bits per heavy atom. The third kappa shape index (κ3) is 6.34. The van der Waals surface area contributed by atoms with Gasteiger partial charge in [-0.05, 0) is 117 Å². The monoisotopic (exact) mass is 524 g/mol. The van der Waals surface area contributed by atoms with Crippen LogP contribution in [-0.2, 0) is 16.0 Å². The Morgan fingerprint density at radius 3 is 2.31 bits per heavy atom. The van der Waals surface area contributed by atoms with Crippen molar-refractivity contribution in [1.82, 2.24) is 4.90 Å². The molecule has 2 atom stereocenters. The van der Waals surface area contributed by atoms with Crippen molar-refractivity contribution in [1.29, 1.82) is 0 Å². The van der Waals surface area contributed by atoms with E-state index in [4.69, 9.17) is 0 Å². The number of carbonyl (C=O) groups excluding carboxylic acids is 2. The Balaban J connectivity index is 1.39. The smallest absolute Gasteiger partial charge is 0.224 e. The summed E-state index contributed by atoms with van der Waals surface area (Å²) in [5, 5.41) is 6.65. The average Bonchev–Trinajstić information content (AvgIpc) is 2.90. The molecule has 0 bridgehead atoms. The van der Waals surface area contributed by atoms with Crippen molar-refractivity contribution in [3.63, 3.8) is 0 Å². The third-order valence-corrected chi connectivity index (χ3v) is 8.19. The molecule has 0 aromatic heterocycles. The molecule has 0 radical (unpaired) electrons. The maximum absolute atomic E-state index is 12.6. The normalized spacial score (nSPS) is 19.8. The molecular formula is C33H40N4O2. The van der Waals surface area contributed by atoms with Gasteiger partial charge in [-0.25, -0.2) is 0 Å². The van der Waals surface area contributed by atoms with Crippen molar-refractivity contribution < 1.29 is 9.59 Å². The van der Waals surface area contributed by atoms with E-state index in [1.165, 1.54) is 38.4 Å². The molecule has 6 nitrogen and oxygen atoms in total. The molecule has 204 valence electrons. The summed E-state index contributed by atoms with van der Waals surface area (Å²) in [5.74, 6) is 0.734. The van der Waals surface area contributed by atoms with Gasteiger partial charge in [0.2, 0.25) is 11.8 Å². The number of nitrogens with zero attached hydrogens (tertiary/aromatic N) is 2. The minimum Gasteiger partial charge on any atom is -0.378 e. The Bertz CT molecular complexity index is 1330. The van der Waals surface area contributed by atoms with Crippen molar-refractivity contribution in [2.24, 2.45) is 5.92 Å². The van der Waals surface area contributed by atoms with Crippen LogP contribution in [0.2, 0.25) is 0 Å². The minimum atomic E-state index is -0.0923. The number of nitrogens with one attached hydrogen (secondary N) is 2. The van der Waals surface area contributed by atoms with E-state index in [-0.39, 0.29) is 23.9 Å². The molecule has 2 aliphatic rings. The molecule has 6 heteroatoms. The van der Waals surface area contributed by atoms with E-state index in [2.05, 4.69) is 72.0 Å². The standard InChI is InChI=1S/C33H40N4O2/c1-22-18-32(35-29-11-8-25(9-12-29)19-26-14-16-36(4)17-15-26)31-21-28(10-13-33(31)37(22)24(3)39)27-6-5-7-30(20-27)34-23(2)38/h5-13,20-22,26,32,35H,14-19H2,1-4H3,(H,34,38)/t22-,32+/m0/s1. The molecule has 2 aliphatic heterocycles. The molecule has 2 amide bonds. The van der Waals surface area contributed by atoms with Crippen molar-refractivity contribution >= 4 is 28.9 Å². The molecule has 39 heavy (non-hydrogen) atoms. The molecule has 3 aromatic carbocycles. The molecule has 1 fully saturated rings. The number of fused-ring (bicyclic) bond motifs is 1. The van der Waals surface area contributed by atoms with E-state index >= 15 is 0 Å². The Hall–Kier alpha value is -3.64. The maximum Gasteiger partial charge on any atom is 0.224 e. The van der Waals surface area contributed by atoms with E-state index in [9.17, 15) is 9.59 Å². The highest BCUT2D eigenvalue weighted by atomic mass is 16.2. The molecule has 0 unspecified atom stereocenters. The van der Waals surface area contributed by atoms with E-state index in [0.717, 1.165) is 52.5 Å². The van der Waals surface area contributed by atoms with Crippen molar-refractivity contribution in [3.05, 3.63) is 77.9 Å². The first-order valence-corrected chi connectivity index (χ1v) is 14.1. The summed E-state index contributed by atoms with van der Waals surface area (Å²) in [6.45, 7) is 7.66. The summed E-state index contributed by atoms with van der Waals surface area (Å²) in [7, 11) is 2.21. The van der Waals surface area contributed by atoms with Gasteiger partial charge in [0.1, 0.15) is 0 Å². The number of hydrogen-bond donors (Lipinski definition) is 2. The number of rotatable bonds is 6. The van der Waals surface area contributed by atoms with Crippen LogP contribution in [0.3, 0.4) is 0 Å². The van der Waals surface area contributed by atoms with Crippen molar-refractivity contribution in [2.45, 2.75) is 58.5 Å². The fourth-order valence-electron chi connectivity index (χ4n) is 6.18. The molecule has 3 aromatic rings. The molecule has 1 saturated heterocycles. The second kappa shape index (κ2) is 11.6. The Labute approximate surface area is 232 Å². The fraction of sp³-hybridized carbons (Fsp3) is 0.394. The zero-order chi connectivity index (χ0) is 27.5. The van der Waals surface area contributed by atoms with Gasteiger partial charge in [0, 0.05) is 37.0 Å². The number of amides is 2. The quantitative estimate of drug-likeness (QED) is 0.387. The summed E-state index contributed by atoms with van der Waals surface area (Å²) in [4.78, 5) is 28.5. The third-order valence-electron chi connectivity index (χ3n) is 8.19. The zero-order valence-electron chi connectivity index (χ0n) is 23.5. The van der Waals surface area contributed by atoms with Crippen LogP contribution in [-0.4, -0.2) is 42.9 Å².